The minimum Gasteiger partial charge on any atom is -0.464 e. The molecule has 1 amide bonds. The molecule has 3 N–H and O–H groups in total. The number of halogens is 2. The standard InChI is InChI=1S/C36H55Cl2N3O8/c1-23-13-16-35(39)24(2)29(45-31-36(35)27(23)14-15-34(6,46-31)48-49-36)8-7-21-44-30(42)28(40-32(43)47-33(3,4)5)22-25-9-11-26(12-10-25)41(19-17-37)20-18-38/h9-12,23-24,27-29,31H,7-8,13-22,39H2,1-6H3,(H,40,43). The van der Waals surface area contributed by atoms with Crippen LogP contribution in [0.15, 0.2) is 24.3 Å². The molecule has 1 aromatic rings. The SMILES string of the molecule is CC1CCC2(N)C(C)C(CCCOC(=O)C(Cc3ccc(N(CCCl)CCCl)cc3)NC(=O)OC(C)(C)C)OC3OC4(C)CCC1C32OO4. The highest BCUT2D eigenvalue weighted by Gasteiger charge is 2.74. The second-order valence-corrected chi connectivity index (χ2v) is 16.2. The molecule has 5 fully saturated rings. The van der Waals surface area contributed by atoms with E-state index in [1.807, 2.05) is 31.2 Å². The highest BCUT2D eigenvalue weighted by molar-refractivity contribution is 6.18. The third kappa shape index (κ3) is 8.13. The summed E-state index contributed by atoms with van der Waals surface area (Å²) in [6.07, 6.45) is 3.17. The predicted octanol–water partition coefficient (Wildman–Crippen LogP) is 6.06. The molecule has 276 valence electrons. The Labute approximate surface area is 301 Å². The second kappa shape index (κ2) is 15.4. The van der Waals surface area contributed by atoms with E-state index in [4.69, 9.17) is 57.7 Å². The number of fused-ring (bicyclic) bond motifs is 2. The first-order chi connectivity index (χ1) is 23.1. The molecule has 4 heterocycles. The van der Waals surface area contributed by atoms with Crippen molar-refractivity contribution in [2.75, 3.05) is 36.4 Å². The number of benzene rings is 1. The first-order valence-electron chi connectivity index (χ1n) is 17.8. The van der Waals surface area contributed by atoms with Crippen LogP contribution in [0, 0.1) is 17.8 Å². The van der Waals surface area contributed by atoms with Crippen molar-refractivity contribution in [2.24, 2.45) is 23.5 Å². The van der Waals surface area contributed by atoms with Crippen LogP contribution in [-0.4, -0.2) is 84.5 Å². The van der Waals surface area contributed by atoms with Gasteiger partial charge in [-0.1, -0.05) is 26.0 Å². The smallest absolute Gasteiger partial charge is 0.408 e. The van der Waals surface area contributed by atoms with E-state index >= 15 is 0 Å². The Balaban J connectivity index is 1.22. The summed E-state index contributed by atoms with van der Waals surface area (Å²) in [5.74, 6) is 0.0223. The second-order valence-electron chi connectivity index (χ2n) is 15.5. The lowest BCUT2D eigenvalue weighted by atomic mass is 9.53. The predicted molar refractivity (Wildman–Crippen MR) is 187 cm³/mol. The first-order valence-corrected chi connectivity index (χ1v) is 18.8. The van der Waals surface area contributed by atoms with Crippen LogP contribution in [0.1, 0.15) is 85.6 Å². The summed E-state index contributed by atoms with van der Waals surface area (Å²) in [7, 11) is 0. The number of anilines is 1. The monoisotopic (exact) mass is 727 g/mol. The first kappa shape index (κ1) is 38.4. The normalized spacial score (nSPS) is 34.3. The lowest BCUT2D eigenvalue weighted by Gasteiger charge is -2.65. The Morgan fingerprint density at radius 1 is 1.08 bits per heavy atom. The Morgan fingerprint density at radius 3 is 2.43 bits per heavy atom. The molecule has 5 aliphatic rings. The van der Waals surface area contributed by atoms with E-state index in [2.05, 4.69) is 24.1 Å². The minimum atomic E-state index is -0.950. The van der Waals surface area contributed by atoms with Crippen molar-refractivity contribution >= 4 is 41.0 Å². The van der Waals surface area contributed by atoms with Gasteiger partial charge in [0.15, 0.2) is 11.9 Å². The van der Waals surface area contributed by atoms with Gasteiger partial charge in [-0.05, 0) is 83.4 Å². The molecule has 49 heavy (non-hydrogen) atoms. The summed E-state index contributed by atoms with van der Waals surface area (Å²) in [6, 6.07) is 6.81. The Kier molecular flexibility index (Phi) is 12.1. The Hall–Kier alpha value is -1.86. The van der Waals surface area contributed by atoms with Crippen LogP contribution in [0.5, 0.6) is 0 Å². The van der Waals surface area contributed by atoms with Crippen molar-refractivity contribution < 1.29 is 38.3 Å². The van der Waals surface area contributed by atoms with Gasteiger partial charge in [-0.2, -0.15) is 0 Å². The fraction of sp³-hybridized carbons (Fsp3) is 0.778. The fourth-order valence-corrected chi connectivity index (χ4v) is 8.61. The maximum Gasteiger partial charge on any atom is 0.408 e. The zero-order chi connectivity index (χ0) is 35.6. The van der Waals surface area contributed by atoms with Gasteiger partial charge >= 0.3 is 12.1 Å². The van der Waals surface area contributed by atoms with Crippen LogP contribution in [-0.2, 0) is 39.9 Å². The number of hydrogen-bond donors (Lipinski definition) is 2. The molecule has 9 unspecified atom stereocenters. The molecule has 0 aromatic heterocycles. The summed E-state index contributed by atoms with van der Waals surface area (Å²) in [4.78, 5) is 40.4. The fourth-order valence-electron chi connectivity index (χ4n) is 8.20. The summed E-state index contributed by atoms with van der Waals surface area (Å²) in [6.45, 7) is 13.0. The van der Waals surface area contributed by atoms with Crippen molar-refractivity contribution in [3.8, 4) is 0 Å². The number of nitrogens with one attached hydrogen (secondary N) is 1. The number of carbonyl (C=O) groups excluding carboxylic acids is 2. The summed E-state index contributed by atoms with van der Waals surface area (Å²) < 4.78 is 24.4. The lowest BCUT2D eigenvalue weighted by Crippen LogP contribution is -2.82. The van der Waals surface area contributed by atoms with Crippen LogP contribution in [0.2, 0.25) is 0 Å². The number of ether oxygens (including phenoxy) is 4. The molecule has 1 aliphatic carbocycles. The molecule has 6 rings (SSSR count). The number of nitrogens with zero attached hydrogens (tertiary/aromatic N) is 1. The van der Waals surface area contributed by atoms with Crippen LogP contribution in [0.3, 0.4) is 0 Å². The van der Waals surface area contributed by atoms with Gasteiger partial charge in [0.25, 0.3) is 0 Å². The van der Waals surface area contributed by atoms with Crippen LogP contribution >= 0.6 is 23.2 Å². The van der Waals surface area contributed by atoms with Gasteiger partial charge in [0, 0.05) is 55.2 Å². The maximum atomic E-state index is 13.4. The number of carbonyl (C=O) groups is 2. The number of rotatable bonds is 13. The number of alkyl carbamates (subject to hydrolysis) is 1. The number of alkyl halides is 2. The molecule has 0 radical (unpaired) electrons. The van der Waals surface area contributed by atoms with Gasteiger partial charge in [0.05, 0.1) is 18.2 Å². The Bertz CT molecular complexity index is 1290. The molecule has 2 bridgehead atoms. The third-order valence-electron chi connectivity index (χ3n) is 10.9. The van der Waals surface area contributed by atoms with Gasteiger partial charge in [0.2, 0.25) is 5.79 Å². The molecule has 1 aromatic carbocycles. The van der Waals surface area contributed by atoms with Crippen molar-refractivity contribution in [3.63, 3.8) is 0 Å². The molecule has 4 saturated heterocycles. The highest BCUT2D eigenvalue weighted by Crippen LogP contribution is 2.61. The molecular formula is C36H55Cl2N3O8. The van der Waals surface area contributed by atoms with Gasteiger partial charge in [-0.25, -0.2) is 19.4 Å². The minimum absolute atomic E-state index is 0.0570. The largest absolute Gasteiger partial charge is 0.464 e. The topological polar surface area (TPSA) is 131 Å². The third-order valence-corrected chi connectivity index (χ3v) is 11.3. The highest BCUT2D eigenvalue weighted by atomic mass is 35.5. The van der Waals surface area contributed by atoms with Crippen molar-refractivity contribution in [2.45, 2.75) is 127 Å². The summed E-state index contributed by atoms with van der Waals surface area (Å²) in [5.41, 5.74) is 6.84. The molecular weight excluding hydrogens is 673 g/mol. The van der Waals surface area contributed by atoms with E-state index in [9.17, 15) is 9.59 Å². The zero-order valence-corrected chi connectivity index (χ0v) is 31.3. The number of nitrogens with two attached hydrogens (primary N) is 1. The molecule has 4 aliphatic heterocycles. The molecule has 1 spiro atoms. The molecule has 13 heteroatoms. The number of hydrogen-bond acceptors (Lipinski definition) is 10. The van der Waals surface area contributed by atoms with Gasteiger partial charge in [0.1, 0.15) is 11.6 Å². The van der Waals surface area contributed by atoms with E-state index in [0.29, 0.717) is 50.0 Å². The van der Waals surface area contributed by atoms with Crippen LogP contribution in [0.4, 0.5) is 10.5 Å². The van der Waals surface area contributed by atoms with E-state index < -0.39 is 46.9 Å². The van der Waals surface area contributed by atoms with Crippen molar-refractivity contribution in [1.29, 1.82) is 0 Å². The van der Waals surface area contributed by atoms with Crippen molar-refractivity contribution in [1.82, 2.24) is 5.32 Å². The van der Waals surface area contributed by atoms with Crippen LogP contribution in [0.25, 0.3) is 0 Å². The molecule has 11 nitrogen and oxygen atoms in total. The van der Waals surface area contributed by atoms with Gasteiger partial charge < -0.3 is 34.9 Å². The quantitative estimate of drug-likeness (QED) is 0.107. The van der Waals surface area contributed by atoms with Crippen molar-refractivity contribution in [3.05, 3.63) is 29.8 Å². The van der Waals surface area contributed by atoms with E-state index in [0.717, 1.165) is 30.5 Å². The zero-order valence-electron chi connectivity index (χ0n) is 29.8. The van der Waals surface area contributed by atoms with Gasteiger partial charge in [-0.15, -0.1) is 23.2 Å². The number of esters is 1. The summed E-state index contributed by atoms with van der Waals surface area (Å²) in [5, 5.41) is 2.72. The lowest BCUT2D eigenvalue weighted by molar-refractivity contribution is -0.572. The van der Waals surface area contributed by atoms with E-state index in [1.165, 1.54) is 0 Å². The van der Waals surface area contributed by atoms with Crippen LogP contribution < -0.4 is 16.0 Å². The molecule has 1 saturated carbocycles. The average molecular weight is 729 g/mol. The number of amides is 1. The summed E-state index contributed by atoms with van der Waals surface area (Å²) >= 11 is 12.0. The Morgan fingerprint density at radius 2 is 1.78 bits per heavy atom. The van der Waals surface area contributed by atoms with E-state index in [1.54, 1.807) is 20.8 Å². The van der Waals surface area contributed by atoms with Gasteiger partial charge in [-0.3, -0.25) is 0 Å². The van der Waals surface area contributed by atoms with E-state index in [-0.39, 0.29) is 31.0 Å². The maximum absolute atomic E-state index is 13.4. The average Bonchev–Trinajstić information content (AvgIpc) is 3.28. The molecule has 9 atom stereocenters.